The van der Waals surface area contributed by atoms with Gasteiger partial charge in [0.15, 0.2) is 5.82 Å². The molecular weight excluding hydrogens is 258 g/mol. The maximum absolute atomic E-state index is 5.43. The molecule has 0 saturated carbocycles. The lowest BCUT2D eigenvalue weighted by atomic mass is 10.1. The number of hydrogen-bond acceptors (Lipinski definition) is 3. The lowest BCUT2D eigenvalue weighted by Gasteiger charge is -2.24. The Morgan fingerprint density at radius 3 is 2.40 bits per heavy atom. The molecule has 0 N–H and O–H groups in total. The van der Waals surface area contributed by atoms with Gasteiger partial charge in [-0.2, -0.15) is 0 Å². The quantitative estimate of drug-likeness (QED) is 0.794. The predicted octanol–water partition coefficient (Wildman–Crippen LogP) is 2.64. The van der Waals surface area contributed by atoms with Crippen LogP contribution in [0.4, 0.5) is 0 Å². The molecule has 1 rings (SSSR count). The third-order valence-electron chi connectivity index (χ3n) is 2.45. The Morgan fingerprint density at radius 1 is 1.40 bits per heavy atom. The minimum absolute atomic E-state index is 0.331. The molecule has 0 aliphatic carbocycles. The van der Waals surface area contributed by atoms with E-state index >= 15 is 0 Å². The summed E-state index contributed by atoms with van der Waals surface area (Å²) < 4.78 is 7.54. The third-order valence-corrected chi connectivity index (χ3v) is 2.95. The summed E-state index contributed by atoms with van der Waals surface area (Å²) in [7, 11) is 1.69. The highest BCUT2D eigenvalue weighted by atomic mass is 79.9. The van der Waals surface area contributed by atoms with E-state index in [4.69, 9.17) is 4.74 Å². The van der Waals surface area contributed by atoms with Crippen LogP contribution in [-0.2, 0) is 15.7 Å². The first kappa shape index (κ1) is 12.6. The minimum Gasteiger partial charge on any atom is -0.371 e. The first-order valence-electron chi connectivity index (χ1n) is 4.99. The highest BCUT2D eigenvalue weighted by Gasteiger charge is 2.28. The second-order valence-corrected chi connectivity index (χ2v) is 4.81. The summed E-state index contributed by atoms with van der Waals surface area (Å²) in [6.45, 7) is 8.22. The highest BCUT2D eigenvalue weighted by molar-refractivity contribution is 9.08. The van der Waals surface area contributed by atoms with Crippen molar-refractivity contribution in [1.29, 1.82) is 0 Å². The summed E-state index contributed by atoms with van der Waals surface area (Å²) in [6, 6.07) is 0.331. The molecule has 0 spiro atoms. The fourth-order valence-electron chi connectivity index (χ4n) is 1.46. The Kier molecular flexibility index (Phi) is 3.89. The monoisotopic (exact) mass is 275 g/mol. The van der Waals surface area contributed by atoms with E-state index in [2.05, 4.69) is 44.5 Å². The molecule has 0 fully saturated rings. The van der Waals surface area contributed by atoms with Crippen LogP contribution in [0.2, 0.25) is 0 Å². The summed E-state index contributed by atoms with van der Waals surface area (Å²) in [5.74, 6) is 1.81. The maximum atomic E-state index is 5.43. The van der Waals surface area contributed by atoms with Crippen LogP contribution in [0.3, 0.4) is 0 Å². The normalized spacial score (nSPS) is 12.5. The summed E-state index contributed by atoms with van der Waals surface area (Å²) in [5.41, 5.74) is -0.405. The summed E-state index contributed by atoms with van der Waals surface area (Å²) in [5, 5.41) is 9.07. The van der Waals surface area contributed by atoms with E-state index in [1.54, 1.807) is 7.11 Å². The summed E-state index contributed by atoms with van der Waals surface area (Å²) in [4.78, 5) is 0. The minimum atomic E-state index is -0.405. The van der Waals surface area contributed by atoms with Crippen molar-refractivity contribution in [2.75, 3.05) is 7.11 Å². The third kappa shape index (κ3) is 2.39. The van der Waals surface area contributed by atoms with E-state index in [9.17, 15) is 0 Å². The molecule has 0 atom stereocenters. The topological polar surface area (TPSA) is 39.9 Å². The van der Waals surface area contributed by atoms with Crippen molar-refractivity contribution in [2.45, 2.75) is 44.7 Å². The Bertz CT molecular complexity index is 333. The van der Waals surface area contributed by atoms with Gasteiger partial charge in [-0.1, -0.05) is 15.9 Å². The van der Waals surface area contributed by atoms with Crippen LogP contribution in [0.15, 0.2) is 0 Å². The van der Waals surface area contributed by atoms with Crippen molar-refractivity contribution in [3.05, 3.63) is 11.6 Å². The van der Waals surface area contributed by atoms with E-state index < -0.39 is 5.60 Å². The van der Waals surface area contributed by atoms with E-state index in [1.165, 1.54) is 0 Å². The molecule has 0 amide bonds. The average Bonchev–Trinajstić information content (AvgIpc) is 2.61. The van der Waals surface area contributed by atoms with Crippen molar-refractivity contribution >= 4 is 15.9 Å². The zero-order valence-corrected chi connectivity index (χ0v) is 11.5. The van der Waals surface area contributed by atoms with Crippen LogP contribution in [0.25, 0.3) is 0 Å². The van der Waals surface area contributed by atoms with Gasteiger partial charge in [0.2, 0.25) is 0 Å². The zero-order chi connectivity index (χ0) is 11.6. The Morgan fingerprint density at radius 2 is 2.00 bits per heavy atom. The van der Waals surface area contributed by atoms with Crippen LogP contribution in [0.5, 0.6) is 0 Å². The molecule has 1 aromatic rings. The van der Waals surface area contributed by atoms with Gasteiger partial charge in [0.25, 0.3) is 0 Å². The fraction of sp³-hybridized carbons (Fsp3) is 0.800. The van der Waals surface area contributed by atoms with Gasteiger partial charge >= 0.3 is 0 Å². The van der Waals surface area contributed by atoms with Gasteiger partial charge in [0, 0.05) is 13.2 Å². The molecule has 15 heavy (non-hydrogen) atoms. The Labute approximate surface area is 99.2 Å². The smallest absolute Gasteiger partial charge is 0.165 e. The zero-order valence-electron chi connectivity index (χ0n) is 9.91. The van der Waals surface area contributed by atoms with Crippen molar-refractivity contribution in [3.8, 4) is 0 Å². The van der Waals surface area contributed by atoms with Gasteiger partial charge in [-0.25, -0.2) is 0 Å². The number of aromatic nitrogens is 3. The van der Waals surface area contributed by atoms with Crippen LogP contribution in [-0.4, -0.2) is 21.9 Å². The molecule has 0 aromatic carbocycles. The SMILES string of the molecule is COC(C)(C)c1nnc(CBr)n1C(C)C. The maximum Gasteiger partial charge on any atom is 0.165 e. The Balaban J connectivity index is 3.24. The number of rotatable bonds is 4. The van der Waals surface area contributed by atoms with Crippen LogP contribution in [0, 0.1) is 0 Å². The second-order valence-electron chi connectivity index (χ2n) is 4.25. The molecule has 0 saturated heterocycles. The van der Waals surface area contributed by atoms with Gasteiger partial charge in [-0.15, -0.1) is 10.2 Å². The largest absolute Gasteiger partial charge is 0.371 e. The molecular formula is C10H18BrN3O. The number of ether oxygens (including phenoxy) is 1. The molecule has 1 aromatic heterocycles. The van der Waals surface area contributed by atoms with Gasteiger partial charge in [0.1, 0.15) is 11.4 Å². The van der Waals surface area contributed by atoms with Crippen molar-refractivity contribution in [3.63, 3.8) is 0 Å². The molecule has 86 valence electrons. The van der Waals surface area contributed by atoms with Crippen molar-refractivity contribution < 1.29 is 4.74 Å². The summed E-state index contributed by atoms with van der Waals surface area (Å²) >= 11 is 3.41. The average molecular weight is 276 g/mol. The van der Waals surface area contributed by atoms with E-state index in [-0.39, 0.29) is 0 Å². The van der Waals surface area contributed by atoms with E-state index in [0.29, 0.717) is 11.4 Å². The number of hydrogen-bond donors (Lipinski definition) is 0. The molecule has 0 radical (unpaired) electrons. The number of halogens is 1. The van der Waals surface area contributed by atoms with Crippen molar-refractivity contribution in [1.82, 2.24) is 14.8 Å². The van der Waals surface area contributed by atoms with E-state index in [1.807, 2.05) is 13.8 Å². The highest BCUT2D eigenvalue weighted by Crippen LogP contribution is 2.26. The van der Waals surface area contributed by atoms with Gasteiger partial charge in [-0.05, 0) is 27.7 Å². The molecule has 0 aliphatic rings. The van der Waals surface area contributed by atoms with Crippen molar-refractivity contribution in [2.24, 2.45) is 0 Å². The fourth-order valence-corrected chi connectivity index (χ4v) is 1.84. The number of alkyl halides is 1. The second kappa shape index (κ2) is 4.61. The lowest BCUT2D eigenvalue weighted by molar-refractivity contribution is 0.00734. The van der Waals surface area contributed by atoms with Gasteiger partial charge in [0.05, 0.1) is 5.33 Å². The molecule has 5 heteroatoms. The predicted molar refractivity (Wildman–Crippen MR) is 63.1 cm³/mol. The van der Waals surface area contributed by atoms with Crippen LogP contribution < -0.4 is 0 Å². The standard InChI is InChI=1S/C10H18BrN3O/c1-7(2)14-8(6-11)12-13-9(14)10(3,4)15-5/h7H,6H2,1-5H3. The first-order valence-corrected chi connectivity index (χ1v) is 6.11. The van der Waals surface area contributed by atoms with Gasteiger partial charge < -0.3 is 9.30 Å². The number of methoxy groups -OCH3 is 1. The van der Waals surface area contributed by atoms with Gasteiger partial charge in [-0.3, -0.25) is 0 Å². The van der Waals surface area contributed by atoms with E-state index in [0.717, 1.165) is 11.6 Å². The van der Waals surface area contributed by atoms with Crippen LogP contribution in [0.1, 0.15) is 45.4 Å². The first-order chi connectivity index (χ1) is 6.94. The molecule has 0 bridgehead atoms. The lowest BCUT2D eigenvalue weighted by Crippen LogP contribution is -2.26. The molecule has 1 heterocycles. The number of nitrogens with zero attached hydrogens (tertiary/aromatic N) is 3. The molecule has 0 aliphatic heterocycles. The Hall–Kier alpha value is -0.420. The molecule has 0 unspecified atom stereocenters. The van der Waals surface area contributed by atoms with Crippen LogP contribution >= 0.6 is 15.9 Å². The summed E-state index contributed by atoms with van der Waals surface area (Å²) in [6.07, 6.45) is 0. The molecule has 4 nitrogen and oxygen atoms in total.